The first-order valence-corrected chi connectivity index (χ1v) is 6.89. The van der Waals surface area contributed by atoms with Crippen LogP contribution in [-0.4, -0.2) is 28.4 Å². The molecule has 2 rings (SSSR count). The van der Waals surface area contributed by atoms with Gasteiger partial charge in [0.2, 0.25) is 0 Å². The molecule has 0 aliphatic carbocycles. The molecule has 94 valence electrons. The summed E-state index contributed by atoms with van der Waals surface area (Å²) in [7, 11) is 0. The summed E-state index contributed by atoms with van der Waals surface area (Å²) in [5.41, 5.74) is 6.30. The molecule has 0 spiro atoms. The molecule has 5 heteroatoms. The first-order chi connectivity index (χ1) is 7.99. The predicted octanol–water partition coefficient (Wildman–Crippen LogP) is 2.03. The SMILES string of the molecule is CC1CC(C)N(C(=O)c2csc(C(C)N)n2)C1. The number of carbonyl (C=O) groups excluding carboxylic acids is 1. The fourth-order valence-corrected chi connectivity index (χ4v) is 3.08. The molecule has 0 bridgehead atoms. The number of amides is 1. The van der Waals surface area contributed by atoms with Gasteiger partial charge in [-0.25, -0.2) is 4.98 Å². The largest absolute Gasteiger partial charge is 0.334 e. The Labute approximate surface area is 106 Å². The van der Waals surface area contributed by atoms with Gasteiger partial charge in [0.05, 0.1) is 6.04 Å². The Morgan fingerprint density at radius 3 is 2.82 bits per heavy atom. The Morgan fingerprint density at radius 2 is 2.35 bits per heavy atom. The molecule has 2 N–H and O–H groups in total. The molecular weight excluding hydrogens is 234 g/mol. The van der Waals surface area contributed by atoms with Crippen LogP contribution in [0.25, 0.3) is 0 Å². The standard InChI is InChI=1S/C12H19N3OS/c1-7-4-8(2)15(5-7)12(16)10-6-17-11(14-10)9(3)13/h6-9H,4-5,13H2,1-3H3. The van der Waals surface area contributed by atoms with Crippen LogP contribution in [0, 0.1) is 5.92 Å². The lowest BCUT2D eigenvalue weighted by molar-refractivity contribution is 0.0738. The third-order valence-electron chi connectivity index (χ3n) is 3.18. The summed E-state index contributed by atoms with van der Waals surface area (Å²) in [6.45, 7) is 7.00. The lowest BCUT2D eigenvalue weighted by atomic mass is 10.1. The maximum Gasteiger partial charge on any atom is 0.273 e. The van der Waals surface area contributed by atoms with E-state index in [0.29, 0.717) is 17.7 Å². The molecule has 1 aromatic rings. The normalized spacial score (nSPS) is 26.2. The first-order valence-electron chi connectivity index (χ1n) is 6.01. The molecule has 3 atom stereocenters. The number of aromatic nitrogens is 1. The second kappa shape index (κ2) is 4.74. The molecule has 0 saturated carbocycles. The molecule has 1 aliphatic heterocycles. The Morgan fingerprint density at radius 1 is 1.65 bits per heavy atom. The molecule has 1 aliphatic rings. The Bertz CT molecular complexity index is 416. The average Bonchev–Trinajstić information content (AvgIpc) is 2.84. The lowest BCUT2D eigenvalue weighted by Crippen LogP contribution is -2.34. The highest BCUT2D eigenvalue weighted by atomic mass is 32.1. The van der Waals surface area contributed by atoms with Gasteiger partial charge in [-0.05, 0) is 26.2 Å². The van der Waals surface area contributed by atoms with Gasteiger partial charge in [-0.1, -0.05) is 6.92 Å². The summed E-state index contributed by atoms with van der Waals surface area (Å²) in [6.07, 6.45) is 1.08. The Kier molecular flexibility index (Phi) is 3.49. The van der Waals surface area contributed by atoms with Gasteiger partial charge >= 0.3 is 0 Å². The van der Waals surface area contributed by atoms with E-state index >= 15 is 0 Å². The summed E-state index contributed by atoms with van der Waals surface area (Å²) in [5.74, 6) is 0.630. The number of carbonyl (C=O) groups is 1. The maximum absolute atomic E-state index is 12.3. The molecule has 2 heterocycles. The zero-order valence-electron chi connectivity index (χ0n) is 10.5. The van der Waals surface area contributed by atoms with E-state index in [4.69, 9.17) is 5.73 Å². The summed E-state index contributed by atoms with van der Waals surface area (Å²) in [6, 6.07) is 0.217. The van der Waals surface area contributed by atoms with Crippen LogP contribution < -0.4 is 5.73 Å². The van der Waals surface area contributed by atoms with Crippen molar-refractivity contribution in [2.75, 3.05) is 6.54 Å². The van der Waals surface area contributed by atoms with Crippen molar-refractivity contribution < 1.29 is 4.79 Å². The van der Waals surface area contributed by atoms with Crippen molar-refractivity contribution in [2.24, 2.45) is 11.7 Å². The highest BCUT2D eigenvalue weighted by Crippen LogP contribution is 2.25. The van der Waals surface area contributed by atoms with Crippen molar-refractivity contribution >= 4 is 17.2 Å². The van der Waals surface area contributed by atoms with Crippen LogP contribution in [-0.2, 0) is 0 Å². The van der Waals surface area contributed by atoms with E-state index in [2.05, 4.69) is 18.8 Å². The van der Waals surface area contributed by atoms with Crippen molar-refractivity contribution in [2.45, 2.75) is 39.3 Å². The first kappa shape index (κ1) is 12.5. The van der Waals surface area contributed by atoms with Gasteiger partial charge in [0.25, 0.3) is 5.91 Å². The summed E-state index contributed by atoms with van der Waals surface area (Å²) in [4.78, 5) is 18.5. The van der Waals surface area contributed by atoms with Crippen LogP contribution >= 0.6 is 11.3 Å². The molecule has 1 saturated heterocycles. The molecule has 1 amide bonds. The Balaban J connectivity index is 2.14. The average molecular weight is 253 g/mol. The van der Waals surface area contributed by atoms with Crippen molar-refractivity contribution in [3.05, 3.63) is 16.1 Å². The van der Waals surface area contributed by atoms with Crippen molar-refractivity contribution in [1.29, 1.82) is 0 Å². The highest BCUT2D eigenvalue weighted by molar-refractivity contribution is 7.09. The number of hydrogen-bond donors (Lipinski definition) is 1. The molecule has 1 fully saturated rings. The van der Waals surface area contributed by atoms with Gasteiger partial charge in [0.15, 0.2) is 0 Å². The highest BCUT2D eigenvalue weighted by Gasteiger charge is 2.31. The molecule has 1 aromatic heterocycles. The van der Waals surface area contributed by atoms with E-state index in [1.54, 1.807) is 0 Å². The van der Waals surface area contributed by atoms with Crippen LogP contribution in [0.15, 0.2) is 5.38 Å². The lowest BCUT2D eigenvalue weighted by Gasteiger charge is -2.20. The third-order valence-corrected chi connectivity index (χ3v) is 4.22. The van der Waals surface area contributed by atoms with Gasteiger partial charge in [0, 0.05) is 18.0 Å². The molecule has 17 heavy (non-hydrogen) atoms. The van der Waals surface area contributed by atoms with Gasteiger partial charge in [-0.3, -0.25) is 4.79 Å². The Hall–Kier alpha value is -0.940. The number of nitrogens with two attached hydrogens (primary N) is 1. The summed E-state index contributed by atoms with van der Waals surface area (Å²) in [5, 5.41) is 2.64. The number of nitrogens with zero attached hydrogens (tertiary/aromatic N) is 2. The fourth-order valence-electron chi connectivity index (χ4n) is 2.33. The van der Waals surface area contributed by atoms with Gasteiger partial charge < -0.3 is 10.6 Å². The van der Waals surface area contributed by atoms with Crippen LogP contribution in [0.4, 0.5) is 0 Å². The number of likely N-dealkylation sites (tertiary alicyclic amines) is 1. The third kappa shape index (κ3) is 2.50. The van der Waals surface area contributed by atoms with Crippen molar-refractivity contribution in [1.82, 2.24) is 9.88 Å². The number of rotatable bonds is 2. The van der Waals surface area contributed by atoms with E-state index in [-0.39, 0.29) is 11.9 Å². The van der Waals surface area contributed by atoms with Gasteiger partial charge in [-0.2, -0.15) is 0 Å². The van der Waals surface area contributed by atoms with E-state index in [9.17, 15) is 4.79 Å². The fraction of sp³-hybridized carbons (Fsp3) is 0.667. The van der Waals surface area contributed by atoms with E-state index < -0.39 is 0 Å². The maximum atomic E-state index is 12.3. The van der Waals surface area contributed by atoms with Crippen LogP contribution in [0.5, 0.6) is 0 Å². The molecule has 0 aromatic carbocycles. The predicted molar refractivity (Wildman–Crippen MR) is 69.0 cm³/mol. The van der Waals surface area contributed by atoms with E-state index in [1.165, 1.54) is 11.3 Å². The minimum atomic E-state index is -0.100. The molecule has 0 radical (unpaired) electrons. The quantitative estimate of drug-likeness (QED) is 0.877. The van der Waals surface area contributed by atoms with E-state index in [0.717, 1.165) is 18.0 Å². The minimum absolute atomic E-state index is 0.0463. The van der Waals surface area contributed by atoms with E-state index in [1.807, 2.05) is 17.2 Å². The minimum Gasteiger partial charge on any atom is -0.334 e. The zero-order chi connectivity index (χ0) is 12.6. The van der Waals surface area contributed by atoms with Gasteiger partial charge in [0.1, 0.15) is 10.7 Å². The molecular formula is C12H19N3OS. The second-order valence-corrected chi connectivity index (χ2v) is 5.90. The molecule has 3 unspecified atom stereocenters. The topological polar surface area (TPSA) is 59.2 Å². The molecule has 4 nitrogen and oxygen atoms in total. The van der Waals surface area contributed by atoms with Gasteiger partial charge in [-0.15, -0.1) is 11.3 Å². The van der Waals surface area contributed by atoms with Crippen molar-refractivity contribution in [3.63, 3.8) is 0 Å². The van der Waals surface area contributed by atoms with Crippen LogP contribution in [0.1, 0.15) is 48.7 Å². The van der Waals surface area contributed by atoms with Crippen molar-refractivity contribution in [3.8, 4) is 0 Å². The second-order valence-electron chi connectivity index (χ2n) is 5.01. The summed E-state index contributed by atoms with van der Waals surface area (Å²) >= 11 is 1.46. The number of thiazole rings is 1. The summed E-state index contributed by atoms with van der Waals surface area (Å²) < 4.78 is 0. The zero-order valence-corrected chi connectivity index (χ0v) is 11.3. The van der Waals surface area contributed by atoms with Crippen LogP contribution in [0.2, 0.25) is 0 Å². The number of hydrogen-bond acceptors (Lipinski definition) is 4. The smallest absolute Gasteiger partial charge is 0.273 e. The van der Waals surface area contributed by atoms with Crippen LogP contribution in [0.3, 0.4) is 0 Å². The monoisotopic (exact) mass is 253 g/mol.